The molecule has 1 saturated heterocycles. The van der Waals surface area contributed by atoms with E-state index in [1.54, 1.807) is 19.1 Å². The number of benzene rings is 1. The number of rotatable bonds is 2. The largest absolute Gasteiger partial charge is 0.389 e. The van der Waals surface area contributed by atoms with Gasteiger partial charge in [0.15, 0.2) is 0 Å². The summed E-state index contributed by atoms with van der Waals surface area (Å²) in [5.74, 6) is -0.238. The van der Waals surface area contributed by atoms with Gasteiger partial charge in [-0.05, 0) is 51.3 Å². The predicted molar refractivity (Wildman–Crippen MR) is 67.7 cm³/mol. The van der Waals surface area contributed by atoms with Crippen LogP contribution < -0.4 is 4.90 Å². The summed E-state index contributed by atoms with van der Waals surface area (Å²) in [7, 11) is 0. The Balaban J connectivity index is 2.34. The Kier molecular flexibility index (Phi) is 3.13. The van der Waals surface area contributed by atoms with E-state index in [9.17, 15) is 9.50 Å². The average molecular weight is 237 g/mol. The normalized spacial score (nSPS) is 20.6. The van der Waals surface area contributed by atoms with E-state index < -0.39 is 6.10 Å². The van der Waals surface area contributed by atoms with E-state index in [4.69, 9.17) is 0 Å². The Labute approximate surface area is 102 Å². The van der Waals surface area contributed by atoms with Crippen molar-refractivity contribution in [1.29, 1.82) is 0 Å². The third-order valence-corrected chi connectivity index (χ3v) is 3.65. The molecule has 0 aromatic heterocycles. The maximum absolute atomic E-state index is 14.1. The molecule has 0 spiro atoms. The highest BCUT2D eigenvalue weighted by molar-refractivity contribution is 5.52. The number of halogens is 1. The molecule has 1 heterocycles. The minimum atomic E-state index is -0.620. The minimum Gasteiger partial charge on any atom is -0.389 e. The van der Waals surface area contributed by atoms with Gasteiger partial charge in [0.1, 0.15) is 5.82 Å². The number of aliphatic hydroxyl groups is 1. The zero-order valence-electron chi connectivity index (χ0n) is 10.7. The lowest BCUT2D eigenvalue weighted by atomic mass is 10.0. The van der Waals surface area contributed by atoms with Crippen molar-refractivity contribution in [1.82, 2.24) is 0 Å². The molecule has 17 heavy (non-hydrogen) atoms. The summed E-state index contributed by atoms with van der Waals surface area (Å²) in [4.78, 5) is 2.12. The highest BCUT2D eigenvalue weighted by Gasteiger charge is 2.33. The molecule has 3 heteroatoms. The smallest absolute Gasteiger partial charge is 0.146 e. The Morgan fingerprint density at radius 3 is 2.59 bits per heavy atom. The first kappa shape index (κ1) is 12.4. The van der Waals surface area contributed by atoms with Crippen LogP contribution in [0.2, 0.25) is 0 Å². The highest BCUT2D eigenvalue weighted by atomic mass is 19.1. The van der Waals surface area contributed by atoms with Gasteiger partial charge in [0.2, 0.25) is 0 Å². The molecule has 1 aromatic carbocycles. The van der Waals surface area contributed by atoms with Crippen LogP contribution in [0.25, 0.3) is 0 Å². The van der Waals surface area contributed by atoms with E-state index >= 15 is 0 Å². The third kappa shape index (κ3) is 2.29. The lowest BCUT2D eigenvalue weighted by Crippen LogP contribution is -2.38. The number of nitrogens with zero attached hydrogens (tertiary/aromatic N) is 1. The van der Waals surface area contributed by atoms with Crippen LogP contribution in [0.4, 0.5) is 10.1 Å². The molecular weight excluding hydrogens is 217 g/mol. The fourth-order valence-corrected chi connectivity index (χ4v) is 2.56. The monoisotopic (exact) mass is 237 g/mol. The quantitative estimate of drug-likeness (QED) is 0.853. The second-order valence-corrected chi connectivity index (χ2v) is 5.45. The van der Waals surface area contributed by atoms with Crippen LogP contribution >= 0.6 is 0 Å². The van der Waals surface area contributed by atoms with Crippen molar-refractivity contribution in [2.45, 2.75) is 45.3 Å². The van der Waals surface area contributed by atoms with Gasteiger partial charge in [-0.1, -0.05) is 6.07 Å². The van der Waals surface area contributed by atoms with Gasteiger partial charge in [-0.3, -0.25) is 0 Å². The van der Waals surface area contributed by atoms with E-state index in [1.165, 1.54) is 6.07 Å². The topological polar surface area (TPSA) is 23.5 Å². The molecule has 0 aliphatic carbocycles. The summed E-state index contributed by atoms with van der Waals surface area (Å²) in [5.41, 5.74) is 1.30. The fraction of sp³-hybridized carbons (Fsp3) is 0.571. The second kappa shape index (κ2) is 4.30. The summed E-state index contributed by atoms with van der Waals surface area (Å²) < 4.78 is 14.1. The molecule has 2 nitrogen and oxygen atoms in total. The van der Waals surface area contributed by atoms with Gasteiger partial charge in [0.05, 0.1) is 11.8 Å². The van der Waals surface area contributed by atoms with Gasteiger partial charge in [-0.25, -0.2) is 4.39 Å². The Hall–Kier alpha value is -1.09. The SMILES string of the molecule is C[C@H](O)c1ccc(N2CCCC2(C)C)c(F)c1. The summed E-state index contributed by atoms with van der Waals surface area (Å²) >= 11 is 0. The molecule has 0 radical (unpaired) electrons. The first-order chi connectivity index (χ1) is 7.92. The molecule has 0 amide bonds. The summed E-state index contributed by atoms with van der Waals surface area (Å²) in [6.45, 7) is 6.83. The van der Waals surface area contributed by atoms with Gasteiger partial charge < -0.3 is 10.0 Å². The maximum atomic E-state index is 14.1. The standard InChI is InChI=1S/C14H20FNO/c1-10(17)11-5-6-13(12(15)9-11)16-8-4-7-14(16,2)3/h5-6,9-10,17H,4,7-8H2,1-3H3/t10-/m0/s1. The van der Waals surface area contributed by atoms with Crippen molar-refractivity contribution in [3.8, 4) is 0 Å². The van der Waals surface area contributed by atoms with Crippen LogP contribution in [0.1, 0.15) is 45.3 Å². The fourth-order valence-electron chi connectivity index (χ4n) is 2.56. The Morgan fingerprint density at radius 2 is 2.12 bits per heavy atom. The van der Waals surface area contributed by atoms with Crippen LogP contribution in [0.5, 0.6) is 0 Å². The minimum absolute atomic E-state index is 0.0210. The zero-order chi connectivity index (χ0) is 12.6. The maximum Gasteiger partial charge on any atom is 0.146 e. The molecule has 1 aromatic rings. The number of hydrogen-bond donors (Lipinski definition) is 1. The van der Waals surface area contributed by atoms with Crippen LogP contribution in [0.15, 0.2) is 18.2 Å². The average Bonchev–Trinajstić information content (AvgIpc) is 2.58. The molecule has 0 saturated carbocycles. The van der Waals surface area contributed by atoms with E-state index in [0.29, 0.717) is 11.3 Å². The molecule has 1 N–H and O–H groups in total. The molecule has 1 aliphatic rings. The number of hydrogen-bond acceptors (Lipinski definition) is 2. The highest BCUT2D eigenvalue weighted by Crippen LogP contribution is 2.35. The van der Waals surface area contributed by atoms with Gasteiger partial charge in [0.25, 0.3) is 0 Å². The first-order valence-electron chi connectivity index (χ1n) is 6.17. The Bertz CT molecular complexity index is 415. The van der Waals surface area contributed by atoms with Crippen molar-refractivity contribution in [3.05, 3.63) is 29.6 Å². The van der Waals surface area contributed by atoms with Crippen molar-refractivity contribution < 1.29 is 9.50 Å². The molecule has 1 aliphatic heterocycles. The summed E-state index contributed by atoms with van der Waals surface area (Å²) in [6, 6.07) is 5.02. The first-order valence-corrected chi connectivity index (χ1v) is 6.17. The van der Waals surface area contributed by atoms with Gasteiger partial charge >= 0.3 is 0 Å². The molecular formula is C14H20FNO. The predicted octanol–water partition coefficient (Wildman–Crippen LogP) is 3.26. The molecule has 0 unspecified atom stereocenters. The van der Waals surface area contributed by atoms with Crippen molar-refractivity contribution in [2.24, 2.45) is 0 Å². The Morgan fingerprint density at radius 1 is 1.41 bits per heavy atom. The van der Waals surface area contributed by atoms with Crippen LogP contribution in [0, 0.1) is 5.82 Å². The molecule has 1 atom stereocenters. The lowest BCUT2D eigenvalue weighted by molar-refractivity contribution is 0.199. The summed E-state index contributed by atoms with van der Waals surface area (Å²) in [6.07, 6.45) is 1.57. The second-order valence-electron chi connectivity index (χ2n) is 5.45. The van der Waals surface area contributed by atoms with E-state index in [0.717, 1.165) is 19.4 Å². The third-order valence-electron chi connectivity index (χ3n) is 3.65. The van der Waals surface area contributed by atoms with E-state index in [-0.39, 0.29) is 11.4 Å². The molecule has 2 rings (SSSR count). The summed E-state index contributed by atoms with van der Waals surface area (Å²) in [5, 5.41) is 9.43. The van der Waals surface area contributed by atoms with E-state index in [1.807, 2.05) is 0 Å². The van der Waals surface area contributed by atoms with Crippen LogP contribution in [-0.4, -0.2) is 17.2 Å². The molecule has 1 fully saturated rings. The van der Waals surface area contributed by atoms with Gasteiger partial charge in [-0.2, -0.15) is 0 Å². The zero-order valence-corrected chi connectivity index (χ0v) is 10.7. The van der Waals surface area contributed by atoms with E-state index in [2.05, 4.69) is 18.7 Å². The van der Waals surface area contributed by atoms with Gasteiger partial charge in [-0.15, -0.1) is 0 Å². The molecule has 94 valence electrons. The van der Waals surface area contributed by atoms with Crippen molar-refractivity contribution in [3.63, 3.8) is 0 Å². The van der Waals surface area contributed by atoms with Crippen molar-refractivity contribution in [2.75, 3.05) is 11.4 Å². The lowest BCUT2D eigenvalue weighted by Gasteiger charge is -2.34. The van der Waals surface area contributed by atoms with Crippen molar-refractivity contribution >= 4 is 5.69 Å². The van der Waals surface area contributed by atoms with Gasteiger partial charge in [0, 0.05) is 12.1 Å². The number of aliphatic hydroxyl groups excluding tert-OH is 1. The molecule has 0 bridgehead atoms. The van der Waals surface area contributed by atoms with Crippen LogP contribution in [-0.2, 0) is 0 Å². The number of anilines is 1. The van der Waals surface area contributed by atoms with Crippen LogP contribution in [0.3, 0.4) is 0 Å².